The third-order valence-electron chi connectivity index (χ3n) is 2.94. The molecule has 2 aromatic rings. The normalized spacial score (nSPS) is 10.9. The molecule has 0 fully saturated rings. The second-order valence-electron chi connectivity index (χ2n) is 4.57. The molecule has 0 atom stereocenters. The van der Waals surface area contributed by atoms with Gasteiger partial charge in [0.15, 0.2) is 5.78 Å². The van der Waals surface area contributed by atoms with Crippen LogP contribution in [0.3, 0.4) is 0 Å². The third-order valence-corrected chi connectivity index (χ3v) is 3.20. The van der Waals surface area contributed by atoms with Crippen LogP contribution in [0.15, 0.2) is 48.5 Å². The van der Waals surface area contributed by atoms with Crippen molar-refractivity contribution < 1.29 is 4.79 Å². The fraction of sp³-hybridized carbons (Fsp3) is 0.118. The van der Waals surface area contributed by atoms with E-state index >= 15 is 0 Å². The first-order chi connectivity index (χ1) is 9.06. The van der Waals surface area contributed by atoms with Gasteiger partial charge in [-0.05, 0) is 43.2 Å². The lowest BCUT2D eigenvalue weighted by Gasteiger charge is -2.02. The summed E-state index contributed by atoms with van der Waals surface area (Å²) in [6.45, 7) is 3.97. The van der Waals surface area contributed by atoms with Gasteiger partial charge < -0.3 is 0 Å². The van der Waals surface area contributed by atoms with Crippen molar-refractivity contribution in [1.29, 1.82) is 0 Å². The van der Waals surface area contributed by atoms with Crippen LogP contribution in [-0.2, 0) is 0 Å². The number of carbonyl (C=O) groups excluding carboxylic acids is 1. The number of carbonyl (C=O) groups is 1. The summed E-state index contributed by atoms with van der Waals surface area (Å²) < 4.78 is 0. The Balaban J connectivity index is 2.18. The van der Waals surface area contributed by atoms with Gasteiger partial charge in [0.1, 0.15) is 0 Å². The standard InChI is InChI=1S/C17H15ClO/c1-12-3-9-16(13(2)11-12)17(19)10-6-14-4-7-15(18)8-5-14/h3-11H,1-2H3. The number of benzene rings is 2. The minimum Gasteiger partial charge on any atom is -0.289 e. The van der Waals surface area contributed by atoms with E-state index in [2.05, 4.69) is 0 Å². The van der Waals surface area contributed by atoms with Crippen LogP contribution < -0.4 is 0 Å². The molecular formula is C17H15ClO. The number of hydrogen-bond acceptors (Lipinski definition) is 1. The summed E-state index contributed by atoms with van der Waals surface area (Å²) in [5.41, 5.74) is 3.87. The van der Waals surface area contributed by atoms with E-state index < -0.39 is 0 Å². The number of halogens is 1. The Morgan fingerprint density at radius 2 is 1.74 bits per heavy atom. The van der Waals surface area contributed by atoms with Crippen molar-refractivity contribution in [3.05, 3.63) is 75.8 Å². The second-order valence-corrected chi connectivity index (χ2v) is 5.00. The van der Waals surface area contributed by atoms with E-state index in [0.29, 0.717) is 5.02 Å². The van der Waals surface area contributed by atoms with E-state index in [4.69, 9.17) is 11.6 Å². The lowest BCUT2D eigenvalue weighted by molar-refractivity contribution is 0.104. The molecule has 0 heterocycles. The fourth-order valence-electron chi connectivity index (χ4n) is 1.93. The molecule has 2 aromatic carbocycles. The Kier molecular flexibility index (Phi) is 4.18. The Labute approximate surface area is 118 Å². The molecule has 0 amide bonds. The largest absolute Gasteiger partial charge is 0.289 e. The zero-order valence-electron chi connectivity index (χ0n) is 11.0. The maximum absolute atomic E-state index is 12.1. The van der Waals surface area contributed by atoms with Crippen molar-refractivity contribution in [1.82, 2.24) is 0 Å². The van der Waals surface area contributed by atoms with Crippen LogP contribution in [0.2, 0.25) is 5.02 Å². The highest BCUT2D eigenvalue weighted by molar-refractivity contribution is 6.30. The number of ketones is 1. The quantitative estimate of drug-likeness (QED) is 0.575. The molecule has 0 spiro atoms. The molecule has 2 rings (SSSR count). The van der Waals surface area contributed by atoms with E-state index in [1.807, 2.05) is 56.3 Å². The summed E-state index contributed by atoms with van der Waals surface area (Å²) in [5.74, 6) is 0.0208. The Morgan fingerprint density at radius 1 is 1.05 bits per heavy atom. The second kappa shape index (κ2) is 5.85. The molecule has 0 saturated heterocycles. The highest BCUT2D eigenvalue weighted by Gasteiger charge is 2.05. The Bertz CT molecular complexity index is 624. The first-order valence-corrected chi connectivity index (χ1v) is 6.49. The minimum atomic E-state index is 0.0208. The average molecular weight is 271 g/mol. The fourth-order valence-corrected chi connectivity index (χ4v) is 2.05. The molecule has 96 valence electrons. The number of allylic oxidation sites excluding steroid dienone is 1. The van der Waals surface area contributed by atoms with Crippen molar-refractivity contribution in [3.8, 4) is 0 Å². The van der Waals surface area contributed by atoms with Gasteiger partial charge in [0.25, 0.3) is 0 Å². The Morgan fingerprint density at radius 3 is 2.37 bits per heavy atom. The summed E-state index contributed by atoms with van der Waals surface area (Å²) in [4.78, 5) is 12.1. The molecule has 0 N–H and O–H groups in total. The number of rotatable bonds is 3. The number of hydrogen-bond donors (Lipinski definition) is 0. The molecule has 0 aliphatic carbocycles. The SMILES string of the molecule is Cc1ccc(C(=O)C=Cc2ccc(Cl)cc2)c(C)c1. The van der Waals surface area contributed by atoms with Gasteiger partial charge in [0, 0.05) is 10.6 Å². The third kappa shape index (κ3) is 3.55. The summed E-state index contributed by atoms with van der Waals surface area (Å²) in [5, 5.41) is 0.692. The van der Waals surface area contributed by atoms with Gasteiger partial charge in [-0.2, -0.15) is 0 Å². The maximum atomic E-state index is 12.1. The molecule has 2 heteroatoms. The summed E-state index contributed by atoms with van der Waals surface area (Å²) >= 11 is 5.81. The predicted octanol–water partition coefficient (Wildman–Crippen LogP) is 4.85. The molecule has 0 radical (unpaired) electrons. The van der Waals surface area contributed by atoms with Crippen molar-refractivity contribution in [2.75, 3.05) is 0 Å². The van der Waals surface area contributed by atoms with E-state index in [1.54, 1.807) is 12.2 Å². The van der Waals surface area contributed by atoms with Crippen LogP contribution in [0, 0.1) is 13.8 Å². The van der Waals surface area contributed by atoms with Crippen molar-refractivity contribution >= 4 is 23.5 Å². The van der Waals surface area contributed by atoms with Crippen molar-refractivity contribution in [2.24, 2.45) is 0 Å². The van der Waals surface area contributed by atoms with Gasteiger partial charge in [-0.15, -0.1) is 0 Å². The van der Waals surface area contributed by atoms with E-state index in [9.17, 15) is 4.79 Å². The van der Waals surface area contributed by atoms with Gasteiger partial charge in [0.05, 0.1) is 0 Å². The molecule has 0 aliphatic rings. The summed E-state index contributed by atoms with van der Waals surface area (Å²) in [7, 11) is 0. The minimum absolute atomic E-state index is 0.0208. The summed E-state index contributed by atoms with van der Waals surface area (Å²) in [6.07, 6.45) is 3.40. The maximum Gasteiger partial charge on any atom is 0.186 e. The topological polar surface area (TPSA) is 17.1 Å². The molecule has 0 aliphatic heterocycles. The molecule has 1 nitrogen and oxygen atoms in total. The van der Waals surface area contributed by atoms with Crippen molar-refractivity contribution in [3.63, 3.8) is 0 Å². The van der Waals surface area contributed by atoms with Gasteiger partial charge >= 0.3 is 0 Å². The molecule has 0 bridgehead atoms. The average Bonchev–Trinajstić information content (AvgIpc) is 2.37. The van der Waals surface area contributed by atoms with Gasteiger partial charge in [0.2, 0.25) is 0 Å². The predicted molar refractivity (Wildman–Crippen MR) is 80.7 cm³/mol. The van der Waals surface area contributed by atoms with Crippen LogP contribution in [0.5, 0.6) is 0 Å². The monoisotopic (exact) mass is 270 g/mol. The van der Waals surface area contributed by atoms with E-state index in [0.717, 1.165) is 22.3 Å². The first kappa shape index (κ1) is 13.6. The highest BCUT2D eigenvalue weighted by Crippen LogP contribution is 2.14. The van der Waals surface area contributed by atoms with Crippen LogP contribution >= 0.6 is 11.6 Å². The molecular weight excluding hydrogens is 256 g/mol. The zero-order chi connectivity index (χ0) is 13.8. The van der Waals surface area contributed by atoms with Crippen molar-refractivity contribution in [2.45, 2.75) is 13.8 Å². The van der Waals surface area contributed by atoms with Gasteiger partial charge in [-0.3, -0.25) is 4.79 Å². The lowest BCUT2D eigenvalue weighted by Crippen LogP contribution is -1.97. The van der Waals surface area contributed by atoms with Gasteiger partial charge in [-0.25, -0.2) is 0 Å². The highest BCUT2D eigenvalue weighted by atomic mass is 35.5. The number of aryl methyl sites for hydroxylation is 2. The molecule has 0 unspecified atom stereocenters. The molecule has 0 saturated carbocycles. The summed E-state index contributed by atoms with van der Waals surface area (Å²) in [6, 6.07) is 13.2. The Hall–Kier alpha value is -1.86. The van der Waals surface area contributed by atoms with Crippen LogP contribution in [0.4, 0.5) is 0 Å². The van der Waals surface area contributed by atoms with Gasteiger partial charge in [-0.1, -0.05) is 53.6 Å². The van der Waals surface area contributed by atoms with Crippen LogP contribution in [-0.4, -0.2) is 5.78 Å². The smallest absolute Gasteiger partial charge is 0.186 e. The first-order valence-electron chi connectivity index (χ1n) is 6.11. The van der Waals surface area contributed by atoms with Crippen LogP contribution in [0.25, 0.3) is 6.08 Å². The molecule has 19 heavy (non-hydrogen) atoms. The van der Waals surface area contributed by atoms with E-state index in [-0.39, 0.29) is 5.78 Å². The van der Waals surface area contributed by atoms with Crippen LogP contribution in [0.1, 0.15) is 27.0 Å². The molecule has 0 aromatic heterocycles. The lowest BCUT2D eigenvalue weighted by atomic mass is 10.0. The van der Waals surface area contributed by atoms with E-state index in [1.165, 1.54) is 0 Å². The zero-order valence-corrected chi connectivity index (χ0v) is 11.7.